The van der Waals surface area contributed by atoms with Gasteiger partial charge in [-0.1, -0.05) is 12.1 Å². The van der Waals surface area contributed by atoms with Gasteiger partial charge in [0.25, 0.3) is 0 Å². The first-order chi connectivity index (χ1) is 10.0. The highest BCUT2D eigenvalue weighted by atomic mass is 79.9. The topological polar surface area (TPSA) is 59.1 Å². The van der Waals surface area contributed by atoms with Crippen LogP contribution in [0.15, 0.2) is 34.9 Å². The lowest BCUT2D eigenvalue weighted by molar-refractivity contribution is 0.365. The minimum Gasteiger partial charge on any atom is -0.308 e. The molecule has 1 aromatic heterocycles. The molecule has 2 rings (SSSR count). The lowest BCUT2D eigenvalue weighted by Gasteiger charge is -2.20. The number of hydrogen-bond acceptors (Lipinski definition) is 4. The van der Waals surface area contributed by atoms with E-state index in [1.54, 1.807) is 12.3 Å². The molecule has 1 heterocycles. The highest BCUT2D eigenvalue weighted by Gasteiger charge is 2.21. The second kappa shape index (κ2) is 7.13. The molecular weight excluding hydrogens is 337 g/mol. The summed E-state index contributed by atoms with van der Waals surface area (Å²) in [6.45, 7) is 1.57. The molecule has 0 amide bonds. The molecule has 0 aliphatic carbocycles. The van der Waals surface area contributed by atoms with Crippen molar-refractivity contribution in [1.29, 1.82) is 0 Å². The molecule has 1 aromatic carbocycles. The molecular formula is C14H19BrFN5. The molecule has 0 spiro atoms. The summed E-state index contributed by atoms with van der Waals surface area (Å²) in [6, 6.07) is 6.06. The molecule has 0 saturated heterocycles. The molecule has 0 aliphatic heterocycles. The van der Waals surface area contributed by atoms with Gasteiger partial charge in [-0.05, 0) is 47.7 Å². The Labute approximate surface area is 132 Å². The first kappa shape index (κ1) is 16.1. The molecule has 0 aliphatic rings. The average Bonchev–Trinajstić information content (AvgIpc) is 2.79. The van der Waals surface area contributed by atoms with Crippen molar-refractivity contribution in [2.45, 2.75) is 12.6 Å². The lowest BCUT2D eigenvalue weighted by atomic mass is 10.0. The number of halogens is 2. The Hall–Kier alpha value is -1.28. The van der Waals surface area contributed by atoms with Gasteiger partial charge in [-0.2, -0.15) is 5.10 Å². The molecule has 3 N–H and O–H groups in total. The number of hydrazine groups is 1. The van der Waals surface area contributed by atoms with E-state index in [9.17, 15) is 4.39 Å². The van der Waals surface area contributed by atoms with Crippen LogP contribution in [0.4, 0.5) is 4.39 Å². The normalized spacial score (nSPS) is 12.9. The molecule has 1 unspecified atom stereocenters. The number of hydrogen-bond donors (Lipinski definition) is 2. The minimum atomic E-state index is -0.334. The second-order valence-electron chi connectivity index (χ2n) is 5.06. The van der Waals surface area contributed by atoms with Gasteiger partial charge in [0.05, 0.1) is 29.0 Å². The Morgan fingerprint density at radius 3 is 2.86 bits per heavy atom. The summed E-state index contributed by atoms with van der Waals surface area (Å²) in [6.07, 6.45) is 1.73. The summed E-state index contributed by atoms with van der Waals surface area (Å²) in [5.41, 5.74) is 4.38. The summed E-state index contributed by atoms with van der Waals surface area (Å²) in [7, 11) is 4.01. The van der Waals surface area contributed by atoms with Crippen LogP contribution in [0, 0.1) is 5.82 Å². The number of nitrogens with zero attached hydrogens (tertiary/aromatic N) is 3. The van der Waals surface area contributed by atoms with Gasteiger partial charge < -0.3 is 4.90 Å². The van der Waals surface area contributed by atoms with E-state index >= 15 is 0 Å². The largest absolute Gasteiger partial charge is 0.308 e. The summed E-state index contributed by atoms with van der Waals surface area (Å²) in [4.78, 5) is 2.08. The molecule has 0 saturated carbocycles. The van der Waals surface area contributed by atoms with Gasteiger partial charge in [0.2, 0.25) is 0 Å². The number of nitrogens with one attached hydrogen (secondary N) is 1. The van der Waals surface area contributed by atoms with Crippen molar-refractivity contribution in [3.8, 4) is 0 Å². The maximum atomic E-state index is 13.5. The van der Waals surface area contributed by atoms with Crippen molar-refractivity contribution >= 4 is 15.9 Å². The highest BCUT2D eigenvalue weighted by molar-refractivity contribution is 9.10. The van der Waals surface area contributed by atoms with Crippen molar-refractivity contribution in [3.63, 3.8) is 0 Å². The molecule has 1 atom stereocenters. The van der Waals surface area contributed by atoms with Crippen LogP contribution in [0.25, 0.3) is 0 Å². The van der Waals surface area contributed by atoms with Gasteiger partial charge in [0.15, 0.2) is 0 Å². The number of benzene rings is 1. The van der Waals surface area contributed by atoms with Crippen molar-refractivity contribution in [3.05, 3.63) is 52.0 Å². The van der Waals surface area contributed by atoms with Gasteiger partial charge in [-0.15, -0.1) is 0 Å². The zero-order valence-corrected chi connectivity index (χ0v) is 13.6. The predicted molar refractivity (Wildman–Crippen MR) is 84.0 cm³/mol. The first-order valence-corrected chi connectivity index (χ1v) is 7.39. The highest BCUT2D eigenvalue weighted by Crippen LogP contribution is 2.28. The van der Waals surface area contributed by atoms with Gasteiger partial charge in [-0.3, -0.25) is 10.5 Å². The zero-order valence-electron chi connectivity index (χ0n) is 12.1. The van der Waals surface area contributed by atoms with Gasteiger partial charge in [0.1, 0.15) is 5.82 Å². The molecule has 0 radical (unpaired) electrons. The van der Waals surface area contributed by atoms with Crippen molar-refractivity contribution in [2.24, 2.45) is 5.84 Å². The molecule has 7 heteroatoms. The van der Waals surface area contributed by atoms with E-state index in [1.165, 1.54) is 12.1 Å². The Morgan fingerprint density at radius 2 is 2.24 bits per heavy atom. The molecule has 21 heavy (non-hydrogen) atoms. The van der Waals surface area contributed by atoms with E-state index in [0.29, 0.717) is 0 Å². The van der Waals surface area contributed by atoms with E-state index in [0.717, 1.165) is 28.8 Å². The Bertz CT molecular complexity index is 599. The van der Waals surface area contributed by atoms with Crippen LogP contribution in [0.1, 0.15) is 17.3 Å². The van der Waals surface area contributed by atoms with Crippen LogP contribution in [0.5, 0.6) is 0 Å². The molecule has 114 valence electrons. The first-order valence-electron chi connectivity index (χ1n) is 6.60. The van der Waals surface area contributed by atoms with Crippen LogP contribution in [0.2, 0.25) is 0 Å². The summed E-state index contributed by atoms with van der Waals surface area (Å²) < 4.78 is 16.2. The Morgan fingerprint density at radius 1 is 1.48 bits per heavy atom. The predicted octanol–water partition coefficient (Wildman–Crippen LogP) is 1.90. The van der Waals surface area contributed by atoms with Gasteiger partial charge >= 0.3 is 0 Å². The number of aromatic nitrogens is 2. The zero-order chi connectivity index (χ0) is 15.4. The second-order valence-corrected chi connectivity index (χ2v) is 5.91. The summed E-state index contributed by atoms with van der Waals surface area (Å²) in [5, 5.41) is 4.36. The third-order valence-electron chi connectivity index (χ3n) is 3.21. The van der Waals surface area contributed by atoms with Crippen molar-refractivity contribution in [1.82, 2.24) is 20.1 Å². The summed E-state index contributed by atoms with van der Waals surface area (Å²) >= 11 is 3.50. The van der Waals surface area contributed by atoms with Crippen LogP contribution < -0.4 is 11.3 Å². The average molecular weight is 356 g/mol. The van der Waals surface area contributed by atoms with Gasteiger partial charge in [-0.25, -0.2) is 9.82 Å². The van der Waals surface area contributed by atoms with Crippen LogP contribution in [0.3, 0.4) is 0 Å². The minimum absolute atomic E-state index is 0.289. The van der Waals surface area contributed by atoms with Crippen molar-refractivity contribution < 1.29 is 4.39 Å². The number of rotatable bonds is 6. The SMILES string of the molecule is CN(C)CCn1ncc(Br)c1C(NN)c1cccc(F)c1. The van der Waals surface area contributed by atoms with E-state index in [4.69, 9.17) is 5.84 Å². The smallest absolute Gasteiger partial charge is 0.123 e. The standard InChI is InChI=1S/C14H19BrFN5/c1-20(2)6-7-21-14(12(15)9-18-21)13(19-17)10-4-3-5-11(16)8-10/h3-5,8-9,13,19H,6-7,17H2,1-2H3. The van der Waals surface area contributed by atoms with Gasteiger partial charge in [0, 0.05) is 6.54 Å². The van der Waals surface area contributed by atoms with E-state index in [2.05, 4.69) is 31.4 Å². The summed E-state index contributed by atoms with van der Waals surface area (Å²) in [5.74, 6) is 5.41. The lowest BCUT2D eigenvalue weighted by Crippen LogP contribution is -2.32. The fourth-order valence-corrected chi connectivity index (χ4v) is 2.68. The molecule has 0 fully saturated rings. The van der Waals surface area contributed by atoms with Crippen LogP contribution in [-0.2, 0) is 6.54 Å². The molecule has 2 aromatic rings. The maximum Gasteiger partial charge on any atom is 0.123 e. The number of nitrogens with two attached hydrogens (primary N) is 1. The van der Waals surface area contributed by atoms with E-state index < -0.39 is 0 Å². The van der Waals surface area contributed by atoms with Crippen molar-refractivity contribution in [2.75, 3.05) is 20.6 Å². The maximum absolute atomic E-state index is 13.5. The number of likely N-dealkylation sites (N-methyl/N-ethyl adjacent to an activating group) is 1. The fourth-order valence-electron chi connectivity index (χ4n) is 2.15. The van der Waals surface area contributed by atoms with E-state index in [-0.39, 0.29) is 11.9 Å². The Kier molecular flexibility index (Phi) is 5.46. The quantitative estimate of drug-likeness (QED) is 0.613. The van der Waals surface area contributed by atoms with E-state index in [1.807, 2.05) is 24.8 Å². The van der Waals surface area contributed by atoms with Crippen LogP contribution >= 0.6 is 15.9 Å². The monoisotopic (exact) mass is 355 g/mol. The van der Waals surface area contributed by atoms with Crippen LogP contribution in [-0.4, -0.2) is 35.3 Å². The molecule has 0 bridgehead atoms. The fraction of sp³-hybridized carbons (Fsp3) is 0.357. The molecule has 5 nitrogen and oxygen atoms in total. The third-order valence-corrected chi connectivity index (χ3v) is 3.83. The Balaban J connectivity index is 2.35. The third kappa shape index (κ3) is 3.88.